The van der Waals surface area contributed by atoms with Crippen molar-refractivity contribution in [1.82, 2.24) is 5.32 Å². The minimum Gasteiger partial charge on any atom is -0.314 e. The van der Waals surface area contributed by atoms with Gasteiger partial charge in [-0.05, 0) is 54.9 Å². The molecule has 1 saturated carbocycles. The molecule has 19 heavy (non-hydrogen) atoms. The highest BCUT2D eigenvalue weighted by atomic mass is 32.1. The lowest BCUT2D eigenvalue weighted by molar-refractivity contribution is 0.137. The zero-order valence-electron chi connectivity index (χ0n) is 12.7. The van der Waals surface area contributed by atoms with Crippen LogP contribution in [-0.2, 0) is 6.42 Å². The second-order valence-corrected chi connectivity index (χ2v) is 7.71. The molecule has 108 valence electrons. The summed E-state index contributed by atoms with van der Waals surface area (Å²) in [5, 5.41) is 5.93. The fourth-order valence-corrected chi connectivity index (χ4v) is 3.93. The van der Waals surface area contributed by atoms with Gasteiger partial charge in [-0.1, -0.05) is 33.3 Å². The van der Waals surface area contributed by atoms with Crippen LogP contribution in [0.4, 0.5) is 0 Å². The van der Waals surface area contributed by atoms with Crippen LogP contribution in [0.5, 0.6) is 0 Å². The van der Waals surface area contributed by atoms with Gasteiger partial charge in [-0.2, -0.15) is 0 Å². The molecule has 2 rings (SSSR count). The Balaban J connectivity index is 1.66. The summed E-state index contributed by atoms with van der Waals surface area (Å²) >= 11 is 1.88. The van der Waals surface area contributed by atoms with E-state index in [9.17, 15) is 0 Å². The fraction of sp³-hybridized carbons (Fsp3) is 0.765. The molecular weight excluding hydrogens is 250 g/mol. The topological polar surface area (TPSA) is 12.0 Å². The molecule has 1 heterocycles. The van der Waals surface area contributed by atoms with E-state index in [1.165, 1.54) is 43.4 Å². The molecule has 0 aromatic carbocycles. The van der Waals surface area contributed by atoms with Crippen LogP contribution in [0.1, 0.15) is 57.8 Å². The predicted molar refractivity (Wildman–Crippen MR) is 85.8 cm³/mol. The van der Waals surface area contributed by atoms with Crippen LogP contribution in [-0.4, -0.2) is 12.6 Å². The molecule has 1 fully saturated rings. The van der Waals surface area contributed by atoms with Crippen LogP contribution < -0.4 is 5.32 Å². The molecule has 1 aliphatic carbocycles. The lowest BCUT2D eigenvalue weighted by Gasteiger charge is -2.39. The van der Waals surface area contributed by atoms with Crippen molar-refractivity contribution in [2.24, 2.45) is 11.3 Å². The average molecular weight is 279 g/mol. The Hall–Kier alpha value is -0.340. The SMILES string of the molecule is CCC(C)(C)C1CCC(NCCc2cccs2)CC1. The summed E-state index contributed by atoms with van der Waals surface area (Å²) in [6.45, 7) is 8.38. The Labute approximate surface area is 122 Å². The third-order valence-corrected chi connectivity index (χ3v) is 6.06. The molecule has 0 bridgehead atoms. The van der Waals surface area contributed by atoms with E-state index >= 15 is 0 Å². The van der Waals surface area contributed by atoms with Crippen LogP contribution >= 0.6 is 11.3 Å². The van der Waals surface area contributed by atoms with Gasteiger partial charge in [-0.25, -0.2) is 0 Å². The van der Waals surface area contributed by atoms with E-state index in [0.717, 1.165) is 18.5 Å². The Bertz CT molecular complexity index is 347. The number of thiophene rings is 1. The lowest BCUT2D eigenvalue weighted by Crippen LogP contribution is -2.37. The van der Waals surface area contributed by atoms with E-state index in [4.69, 9.17) is 0 Å². The van der Waals surface area contributed by atoms with Gasteiger partial charge in [-0.15, -0.1) is 11.3 Å². The predicted octanol–water partition coefficient (Wildman–Crippen LogP) is 4.88. The molecule has 2 heteroatoms. The molecule has 0 amide bonds. The molecule has 0 radical (unpaired) electrons. The summed E-state index contributed by atoms with van der Waals surface area (Å²) < 4.78 is 0. The number of hydrogen-bond donors (Lipinski definition) is 1. The highest BCUT2D eigenvalue weighted by Crippen LogP contribution is 2.40. The molecule has 0 aliphatic heterocycles. The van der Waals surface area contributed by atoms with Crippen molar-refractivity contribution < 1.29 is 0 Å². The minimum absolute atomic E-state index is 0.544. The molecule has 1 nitrogen and oxygen atoms in total. The maximum atomic E-state index is 3.76. The van der Waals surface area contributed by atoms with Gasteiger partial charge in [-0.3, -0.25) is 0 Å². The van der Waals surface area contributed by atoms with Crippen molar-refractivity contribution in [3.63, 3.8) is 0 Å². The normalized spacial score (nSPS) is 24.6. The van der Waals surface area contributed by atoms with Gasteiger partial charge in [0.15, 0.2) is 0 Å². The van der Waals surface area contributed by atoms with Crippen molar-refractivity contribution in [3.05, 3.63) is 22.4 Å². The molecular formula is C17H29NS. The molecule has 0 saturated heterocycles. The Morgan fingerprint density at radius 2 is 2.00 bits per heavy atom. The Kier molecular flexibility index (Phi) is 5.47. The first-order valence-electron chi connectivity index (χ1n) is 7.87. The van der Waals surface area contributed by atoms with Crippen molar-refractivity contribution in [2.75, 3.05) is 6.54 Å². The summed E-state index contributed by atoms with van der Waals surface area (Å²) in [6.07, 6.45) is 8.08. The summed E-state index contributed by atoms with van der Waals surface area (Å²) in [7, 11) is 0. The summed E-state index contributed by atoms with van der Waals surface area (Å²) in [5.74, 6) is 0.938. The first-order chi connectivity index (χ1) is 9.12. The van der Waals surface area contributed by atoms with Gasteiger partial charge in [0.2, 0.25) is 0 Å². The van der Waals surface area contributed by atoms with E-state index in [1.807, 2.05) is 11.3 Å². The van der Waals surface area contributed by atoms with Crippen LogP contribution in [0.25, 0.3) is 0 Å². The maximum absolute atomic E-state index is 3.76. The van der Waals surface area contributed by atoms with Crippen molar-refractivity contribution >= 4 is 11.3 Å². The highest BCUT2D eigenvalue weighted by molar-refractivity contribution is 7.09. The molecule has 0 spiro atoms. The van der Waals surface area contributed by atoms with E-state index in [1.54, 1.807) is 0 Å². The van der Waals surface area contributed by atoms with E-state index < -0.39 is 0 Å². The highest BCUT2D eigenvalue weighted by Gasteiger charge is 2.31. The average Bonchev–Trinajstić information content (AvgIpc) is 2.92. The summed E-state index contributed by atoms with van der Waals surface area (Å²) in [4.78, 5) is 1.51. The van der Waals surface area contributed by atoms with Gasteiger partial charge in [0.1, 0.15) is 0 Å². The third kappa shape index (κ3) is 4.32. The number of rotatable bonds is 6. The molecule has 1 aliphatic rings. The maximum Gasteiger partial charge on any atom is 0.00674 e. The van der Waals surface area contributed by atoms with Crippen LogP contribution in [0.2, 0.25) is 0 Å². The van der Waals surface area contributed by atoms with E-state index in [0.29, 0.717) is 5.41 Å². The van der Waals surface area contributed by atoms with Crippen molar-refractivity contribution in [1.29, 1.82) is 0 Å². The molecule has 1 N–H and O–H groups in total. The second-order valence-electron chi connectivity index (χ2n) is 6.67. The summed E-state index contributed by atoms with van der Waals surface area (Å²) in [5.41, 5.74) is 0.544. The quantitative estimate of drug-likeness (QED) is 0.783. The van der Waals surface area contributed by atoms with Crippen LogP contribution in [0, 0.1) is 11.3 Å². The molecule has 0 atom stereocenters. The van der Waals surface area contributed by atoms with Crippen molar-refractivity contribution in [3.8, 4) is 0 Å². The standard InChI is InChI=1S/C17H29NS/c1-4-17(2,3)14-7-9-15(10-8-14)18-12-11-16-6-5-13-19-16/h5-6,13-15,18H,4,7-12H2,1-3H3. The van der Waals surface area contributed by atoms with Gasteiger partial charge in [0.25, 0.3) is 0 Å². The first kappa shape index (κ1) is 15.1. The van der Waals surface area contributed by atoms with Crippen LogP contribution in [0.15, 0.2) is 17.5 Å². The first-order valence-corrected chi connectivity index (χ1v) is 8.75. The zero-order valence-corrected chi connectivity index (χ0v) is 13.6. The van der Waals surface area contributed by atoms with Crippen LogP contribution in [0.3, 0.4) is 0 Å². The second kappa shape index (κ2) is 6.90. The van der Waals surface area contributed by atoms with E-state index in [-0.39, 0.29) is 0 Å². The Morgan fingerprint density at radius 3 is 2.58 bits per heavy atom. The van der Waals surface area contributed by atoms with Gasteiger partial charge in [0.05, 0.1) is 0 Å². The van der Waals surface area contributed by atoms with Crippen molar-refractivity contribution in [2.45, 2.75) is 65.3 Å². The van der Waals surface area contributed by atoms with Gasteiger partial charge >= 0.3 is 0 Å². The molecule has 0 unspecified atom stereocenters. The molecule has 1 aromatic rings. The number of nitrogens with one attached hydrogen (secondary N) is 1. The third-order valence-electron chi connectivity index (χ3n) is 5.13. The van der Waals surface area contributed by atoms with Gasteiger partial charge < -0.3 is 5.32 Å². The van der Waals surface area contributed by atoms with Gasteiger partial charge in [0, 0.05) is 17.5 Å². The summed E-state index contributed by atoms with van der Waals surface area (Å²) in [6, 6.07) is 5.16. The van der Waals surface area contributed by atoms with E-state index in [2.05, 4.69) is 43.6 Å². The smallest absolute Gasteiger partial charge is 0.00674 e. The zero-order chi connectivity index (χ0) is 13.7. The largest absolute Gasteiger partial charge is 0.314 e. The fourth-order valence-electron chi connectivity index (χ4n) is 3.22. The lowest BCUT2D eigenvalue weighted by atomic mass is 9.69. The monoisotopic (exact) mass is 279 g/mol. The molecule has 1 aromatic heterocycles. The number of hydrogen-bond acceptors (Lipinski definition) is 2. The Morgan fingerprint density at radius 1 is 1.26 bits per heavy atom. The minimum atomic E-state index is 0.544.